The van der Waals surface area contributed by atoms with Crippen LogP contribution < -0.4 is 0 Å². The first-order chi connectivity index (χ1) is 9.74. The molecule has 1 fully saturated rings. The van der Waals surface area contributed by atoms with Gasteiger partial charge in [0.15, 0.2) is 0 Å². The van der Waals surface area contributed by atoms with Gasteiger partial charge in [0.1, 0.15) is 0 Å². The highest BCUT2D eigenvalue weighted by Gasteiger charge is 2.19. The summed E-state index contributed by atoms with van der Waals surface area (Å²) in [4.78, 5) is 2.56. The molecular formula is C17H21N3. The Labute approximate surface area is 120 Å². The van der Waals surface area contributed by atoms with E-state index in [1.54, 1.807) is 0 Å². The van der Waals surface area contributed by atoms with Crippen molar-refractivity contribution in [1.82, 2.24) is 15.1 Å². The molecule has 0 unspecified atom stereocenters. The van der Waals surface area contributed by atoms with Crippen LogP contribution in [-0.2, 0) is 0 Å². The number of aryl methyl sites for hydroxylation is 1. The van der Waals surface area contributed by atoms with E-state index in [1.807, 2.05) is 19.1 Å². The largest absolute Gasteiger partial charge is 0.297 e. The van der Waals surface area contributed by atoms with E-state index in [0.717, 1.165) is 17.0 Å². The standard InChI is InChI=1S/C17H21N3/c1-13-8-9-17(19-18-13)16-7-5-6-15(12-16)14(2)20-10-3-4-11-20/h5-9,12,14H,3-4,10-11H2,1-2H3/t14-/m0/s1. The average Bonchev–Trinajstić information content (AvgIpc) is 3.01. The summed E-state index contributed by atoms with van der Waals surface area (Å²) in [6.07, 6.45) is 2.65. The number of hydrogen-bond acceptors (Lipinski definition) is 3. The molecule has 0 amide bonds. The van der Waals surface area contributed by atoms with Crippen LogP contribution in [0.4, 0.5) is 0 Å². The van der Waals surface area contributed by atoms with Crippen LogP contribution in [0.15, 0.2) is 36.4 Å². The SMILES string of the molecule is Cc1ccc(-c2cccc([C@H](C)N3CCCC3)c2)nn1. The Hall–Kier alpha value is -1.74. The van der Waals surface area contributed by atoms with Crippen LogP contribution in [0.3, 0.4) is 0 Å². The summed E-state index contributed by atoms with van der Waals surface area (Å²) in [5.74, 6) is 0. The third-order valence-corrected chi connectivity index (χ3v) is 4.15. The molecule has 3 nitrogen and oxygen atoms in total. The van der Waals surface area contributed by atoms with Gasteiger partial charge in [-0.15, -0.1) is 0 Å². The molecule has 1 aromatic carbocycles. The lowest BCUT2D eigenvalue weighted by atomic mass is 10.0. The van der Waals surface area contributed by atoms with Gasteiger partial charge in [0.05, 0.1) is 11.4 Å². The van der Waals surface area contributed by atoms with Gasteiger partial charge >= 0.3 is 0 Å². The molecule has 3 rings (SSSR count). The zero-order valence-electron chi connectivity index (χ0n) is 12.2. The van der Waals surface area contributed by atoms with Crippen LogP contribution in [0.25, 0.3) is 11.3 Å². The Morgan fingerprint density at radius 3 is 2.55 bits per heavy atom. The predicted octanol–water partition coefficient (Wildman–Crippen LogP) is 3.61. The van der Waals surface area contributed by atoms with Crippen LogP contribution in [0.5, 0.6) is 0 Å². The van der Waals surface area contributed by atoms with Crippen molar-refractivity contribution < 1.29 is 0 Å². The summed E-state index contributed by atoms with van der Waals surface area (Å²) >= 11 is 0. The smallest absolute Gasteiger partial charge is 0.0929 e. The number of aromatic nitrogens is 2. The number of hydrogen-bond donors (Lipinski definition) is 0. The third kappa shape index (κ3) is 2.73. The normalized spacial score (nSPS) is 17.3. The summed E-state index contributed by atoms with van der Waals surface area (Å²) in [5.41, 5.74) is 4.43. The minimum atomic E-state index is 0.482. The van der Waals surface area contributed by atoms with Gasteiger partial charge in [-0.05, 0) is 63.5 Å². The van der Waals surface area contributed by atoms with E-state index in [1.165, 1.54) is 31.5 Å². The number of benzene rings is 1. The second-order valence-corrected chi connectivity index (χ2v) is 5.60. The summed E-state index contributed by atoms with van der Waals surface area (Å²) in [7, 11) is 0. The van der Waals surface area contributed by atoms with Crippen LogP contribution in [0.2, 0.25) is 0 Å². The van der Waals surface area contributed by atoms with E-state index < -0.39 is 0 Å². The Kier molecular flexibility index (Phi) is 3.79. The summed E-state index contributed by atoms with van der Waals surface area (Å²) < 4.78 is 0. The van der Waals surface area contributed by atoms with Crippen molar-refractivity contribution in [2.75, 3.05) is 13.1 Å². The van der Waals surface area contributed by atoms with Crippen molar-refractivity contribution >= 4 is 0 Å². The Balaban J connectivity index is 1.87. The van der Waals surface area contributed by atoms with Gasteiger partial charge in [-0.25, -0.2) is 0 Å². The predicted molar refractivity (Wildman–Crippen MR) is 81.4 cm³/mol. The van der Waals surface area contributed by atoms with E-state index in [4.69, 9.17) is 0 Å². The maximum atomic E-state index is 4.28. The maximum absolute atomic E-state index is 4.28. The fourth-order valence-corrected chi connectivity index (χ4v) is 2.85. The van der Waals surface area contributed by atoms with Crippen LogP contribution in [0.1, 0.15) is 37.1 Å². The number of likely N-dealkylation sites (tertiary alicyclic amines) is 1. The molecule has 1 atom stereocenters. The van der Waals surface area contributed by atoms with Crippen molar-refractivity contribution in [2.45, 2.75) is 32.7 Å². The number of nitrogens with zero attached hydrogens (tertiary/aromatic N) is 3. The van der Waals surface area contributed by atoms with Gasteiger partial charge in [-0.3, -0.25) is 4.90 Å². The van der Waals surface area contributed by atoms with Gasteiger partial charge in [0, 0.05) is 11.6 Å². The first-order valence-electron chi connectivity index (χ1n) is 7.39. The molecule has 0 saturated carbocycles. The van der Waals surface area contributed by atoms with Crippen LogP contribution in [-0.4, -0.2) is 28.2 Å². The average molecular weight is 267 g/mol. The van der Waals surface area contributed by atoms with E-state index in [9.17, 15) is 0 Å². The zero-order chi connectivity index (χ0) is 13.9. The molecule has 0 radical (unpaired) electrons. The molecule has 0 bridgehead atoms. The molecule has 1 aromatic heterocycles. The second-order valence-electron chi connectivity index (χ2n) is 5.60. The van der Waals surface area contributed by atoms with Crippen molar-refractivity contribution in [3.05, 3.63) is 47.7 Å². The van der Waals surface area contributed by atoms with E-state index >= 15 is 0 Å². The highest BCUT2D eigenvalue weighted by Crippen LogP contribution is 2.27. The maximum Gasteiger partial charge on any atom is 0.0929 e. The molecule has 20 heavy (non-hydrogen) atoms. The van der Waals surface area contributed by atoms with Gasteiger partial charge in [0.25, 0.3) is 0 Å². The molecule has 1 aliphatic rings. The van der Waals surface area contributed by atoms with Gasteiger partial charge < -0.3 is 0 Å². The van der Waals surface area contributed by atoms with Gasteiger partial charge in [-0.2, -0.15) is 10.2 Å². The molecule has 1 saturated heterocycles. The molecule has 0 N–H and O–H groups in total. The fraction of sp³-hybridized carbons (Fsp3) is 0.412. The third-order valence-electron chi connectivity index (χ3n) is 4.15. The van der Waals surface area contributed by atoms with Crippen molar-refractivity contribution in [3.63, 3.8) is 0 Å². The highest BCUT2D eigenvalue weighted by molar-refractivity contribution is 5.59. The first-order valence-corrected chi connectivity index (χ1v) is 7.39. The lowest BCUT2D eigenvalue weighted by molar-refractivity contribution is 0.263. The Morgan fingerprint density at radius 2 is 1.85 bits per heavy atom. The molecule has 2 aromatic rings. The minimum absolute atomic E-state index is 0.482. The lowest BCUT2D eigenvalue weighted by Gasteiger charge is -2.24. The molecule has 1 aliphatic heterocycles. The molecule has 104 valence electrons. The summed E-state index contributed by atoms with van der Waals surface area (Å²) in [6.45, 7) is 6.69. The topological polar surface area (TPSA) is 29.0 Å². The fourth-order valence-electron chi connectivity index (χ4n) is 2.85. The van der Waals surface area contributed by atoms with E-state index in [2.05, 4.69) is 46.3 Å². The lowest BCUT2D eigenvalue weighted by Crippen LogP contribution is -2.23. The summed E-state index contributed by atoms with van der Waals surface area (Å²) in [5, 5.41) is 8.43. The molecule has 0 aliphatic carbocycles. The minimum Gasteiger partial charge on any atom is -0.297 e. The molecule has 2 heterocycles. The molecule has 0 spiro atoms. The van der Waals surface area contributed by atoms with Gasteiger partial charge in [0.2, 0.25) is 0 Å². The first kappa shape index (κ1) is 13.3. The number of rotatable bonds is 3. The monoisotopic (exact) mass is 267 g/mol. The van der Waals surface area contributed by atoms with E-state index in [0.29, 0.717) is 6.04 Å². The Bertz CT molecular complexity index is 571. The Morgan fingerprint density at radius 1 is 1.05 bits per heavy atom. The van der Waals surface area contributed by atoms with Crippen molar-refractivity contribution in [3.8, 4) is 11.3 Å². The van der Waals surface area contributed by atoms with E-state index in [-0.39, 0.29) is 0 Å². The van der Waals surface area contributed by atoms with Crippen LogP contribution in [0, 0.1) is 6.92 Å². The highest BCUT2D eigenvalue weighted by atomic mass is 15.2. The zero-order valence-corrected chi connectivity index (χ0v) is 12.2. The van der Waals surface area contributed by atoms with Crippen LogP contribution >= 0.6 is 0 Å². The summed E-state index contributed by atoms with van der Waals surface area (Å²) in [6, 6.07) is 13.2. The quantitative estimate of drug-likeness (QED) is 0.850. The van der Waals surface area contributed by atoms with Crippen molar-refractivity contribution in [1.29, 1.82) is 0 Å². The molecular weight excluding hydrogens is 246 g/mol. The van der Waals surface area contributed by atoms with Gasteiger partial charge in [-0.1, -0.05) is 18.2 Å². The second kappa shape index (κ2) is 5.71. The van der Waals surface area contributed by atoms with Crippen molar-refractivity contribution in [2.24, 2.45) is 0 Å². The molecule has 3 heteroatoms.